The lowest BCUT2D eigenvalue weighted by atomic mass is 9.80. The van der Waals surface area contributed by atoms with Crippen molar-refractivity contribution >= 4 is 11.7 Å². The van der Waals surface area contributed by atoms with Crippen LogP contribution in [0.15, 0.2) is 0 Å². The monoisotopic (exact) mass is 341 g/mol. The van der Waals surface area contributed by atoms with E-state index in [1.54, 1.807) is 6.92 Å². The van der Waals surface area contributed by atoms with Crippen LogP contribution in [0.2, 0.25) is 0 Å². The van der Waals surface area contributed by atoms with Crippen LogP contribution in [0, 0.1) is 11.8 Å². The van der Waals surface area contributed by atoms with Gasteiger partial charge in [-0.3, -0.25) is 9.59 Å². The molecule has 0 spiro atoms. The van der Waals surface area contributed by atoms with Crippen LogP contribution in [0.1, 0.15) is 65.2 Å². The highest BCUT2D eigenvalue weighted by Crippen LogP contribution is 2.29. The molecular weight excluding hydrogens is 306 g/mol. The minimum Gasteiger partial charge on any atom is -0.381 e. The van der Waals surface area contributed by atoms with Crippen molar-refractivity contribution in [2.45, 2.75) is 65.2 Å². The molecule has 0 aliphatic heterocycles. The number of Topliss-reactive ketones (excluding diaryl/α,β-unsaturated/α-hetero) is 1. The van der Waals surface area contributed by atoms with Crippen LogP contribution in [0.3, 0.4) is 0 Å². The molecule has 1 rings (SSSR count). The van der Waals surface area contributed by atoms with Crippen LogP contribution in [0.25, 0.3) is 0 Å². The van der Waals surface area contributed by atoms with Gasteiger partial charge in [-0.25, -0.2) is 0 Å². The Morgan fingerprint density at radius 3 is 2.00 bits per heavy atom. The van der Waals surface area contributed by atoms with Crippen molar-refractivity contribution < 1.29 is 19.1 Å². The van der Waals surface area contributed by atoms with Gasteiger partial charge in [0.2, 0.25) is 5.91 Å². The molecule has 5 heteroatoms. The molecule has 1 amide bonds. The Morgan fingerprint density at radius 2 is 1.42 bits per heavy atom. The second-order valence-electron chi connectivity index (χ2n) is 6.74. The molecule has 0 heterocycles. The molecular formula is C19H35NO4. The maximum atomic E-state index is 12.1. The number of unbranched alkanes of at least 4 members (excludes halogenated alkanes) is 1. The van der Waals surface area contributed by atoms with E-state index in [4.69, 9.17) is 9.47 Å². The first-order chi connectivity index (χ1) is 11.6. The van der Waals surface area contributed by atoms with Crippen LogP contribution < -0.4 is 5.32 Å². The van der Waals surface area contributed by atoms with E-state index in [2.05, 4.69) is 12.2 Å². The third-order valence-electron chi connectivity index (χ3n) is 4.61. The van der Waals surface area contributed by atoms with E-state index in [9.17, 15) is 9.59 Å². The van der Waals surface area contributed by atoms with Gasteiger partial charge in [0.1, 0.15) is 5.78 Å². The second kappa shape index (κ2) is 13.4. The number of carbonyl (C=O) groups is 2. The van der Waals surface area contributed by atoms with Gasteiger partial charge in [0.25, 0.3) is 0 Å². The van der Waals surface area contributed by atoms with Gasteiger partial charge in [0.05, 0.1) is 0 Å². The Morgan fingerprint density at radius 1 is 0.875 bits per heavy atom. The molecule has 0 aromatic rings. The highest BCUT2D eigenvalue weighted by Gasteiger charge is 2.27. The van der Waals surface area contributed by atoms with Gasteiger partial charge in [-0.05, 0) is 58.3 Å². The number of hydrogen-bond donors (Lipinski definition) is 1. The topological polar surface area (TPSA) is 64.6 Å². The quantitative estimate of drug-likeness (QED) is 0.523. The summed E-state index contributed by atoms with van der Waals surface area (Å²) in [7, 11) is 0. The predicted molar refractivity (Wildman–Crippen MR) is 94.9 cm³/mol. The van der Waals surface area contributed by atoms with Gasteiger partial charge in [0, 0.05) is 44.8 Å². The molecule has 1 aliphatic rings. The highest BCUT2D eigenvalue weighted by molar-refractivity contribution is 5.80. The van der Waals surface area contributed by atoms with Crippen molar-refractivity contribution in [3.05, 3.63) is 0 Å². The van der Waals surface area contributed by atoms with Crippen LogP contribution >= 0.6 is 0 Å². The molecule has 0 bridgehead atoms. The molecule has 0 atom stereocenters. The lowest BCUT2D eigenvalue weighted by molar-refractivity contribution is -0.128. The summed E-state index contributed by atoms with van der Waals surface area (Å²) in [5.41, 5.74) is 0. The molecule has 0 aromatic heterocycles. The number of carbonyl (C=O) groups excluding carboxylic acids is 2. The summed E-state index contributed by atoms with van der Waals surface area (Å²) in [5, 5.41) is 3.00. The van der Waals surface area contributed by atoms with Crippen molar-refractivity contribution in [3.63, 3.8) is 0 Å². The zero-order chi connectivity index (χ0) is 17.6. The zero-order valence-electron chi connectivity index (χ0n) is 15.5. The molecule has 140 valence electrons. The molecule has 0 unspecified atom stereocenters. The fourth-order valence-electron chi connectivity index (χ4n) is 3.05. The standard InChI is InChI=1S/C19H35NO4/c1-3-12-23-13-4-5-14-24-15-6-11-20-19(22)18-9-7-17(8-10-18)16(2)21/h17-18H,3-15H2,1-2H3,(H,20,22). The molecule has 1 saturated carbocycles. The second-order valence-corrected chi connectivity index (χ2v) is 6.74. The van der Waals surface area contributed by atoms with Crippen molar-refractivity contribution in [1.29, 1.82) is 0 Å². The van der Waals surface area contributed by atoms with Crippen LogP contribution in [-0.2, 0) is 19.1 Å². The fourth-order valence-corrected chi connectivity index (χ4v) is 3.05. The predicted octanol–water partition coefficient (Wildman–Crippen LogP) is 3.11. The summed E-state index contributed by atoms with van der Waals surface area (Å²) in [6.07, 6.45) is 7.38. The smallest absolute Gasteiger partial charge is 0.223 e. The Hall–Kier alpha value is -0.940. The molecule has 5 nitrogen and oxygen atoms in total. The number of hydrogen-bond acceptors (Lipinski definition) is 4. The Balaban J connectivity index is 1.91. The maximum Gasteiger partial charge on any atom is 0.223 e. The number of rotatable bonds is 13. The summed E-state index contributed by atoms with van der Waals surface area (Å²) in [5.74, 6) is 0.674. The Bertz CT molecular complexity index is 351. The Kier molecular flexibility index (Phi) is 11.7. The van der Waals surface area contributed by atoms with E-state index in [1.807, 2.05) is 0 Å². The van der Waals surface area contributed by atoms with Crippen LogP contribution in [0.4, 0.5) is 0 Å². The van der Waals surface area contributed by atoms with Gasteiger partial charge in [-0.15, -0.1) is 0 Å². The van der Waals surface area contributed by atoms with Crippen molar-refractivity contribution in [1.82, 2.24) is 5.32 Å². The lowest BCUT2D eigenvalue weighted by Gasteiger charge is -2.26. The summed E-state index contributed by atoms with van der Waals surface area (Å²) in [6.45, 7) is 7.55. The summed E-state index contributed by atoms with van der Waals surface area (Å²) in [6, 6.07) is 0. The minimum absolute atomic E-state index is 0.0876. The Labute approximate surface area is 146 Å². The molecule has 0 aromatic carbocycles. The third kappa shape index (κ3) is 9.38. The van der Waals surface area contributed by atoms with Gasteiger partial charge < -0.3 is 14.8 Å². The van der Waals surface area contributed by atoms with E-state index in [0.29, 0.717) is 13.2 Å². The zero-order valence-corrected chi connectivity index (χ0v) is 15.5. The molecule has 1 fully saturated rings. The maximum absolute atomic E-state index is 12.1. The van der Waals surface area contributed by atoms with Crippen molar-refractivity contribution in [3.8, 4) is 0 Å². The van der Waals surface area contributed by atoms with E-state index >= 15 is 0 Å². The van der Waals surface area contributed by atoms with Crippen molar-refractivity contribution in [2.24, 2.45) is 11.8 Å². The van der Waals surface area contributed by atoms with Gasteiger partial charge in [-0.2, -0.15) is 0 Å². The van der Waals surface area contributed by atoms with Crippen LogP contribution in [0.5, 0.6) is 0 Å². The molecule has 1 aliphatic carbocycles. The van der Waals surface area contributed by atoms with Crippen molar-refractivity contribution in [2.75, 3.05) is 33.0 Å². The van der Waals surface area contributed by atoms with Gasteiger partial charge in [-0.1, -0.05) is 6.92 Å². The van der Waals surface area contributed by atoms with Crippen LogP contribution in [-0.4, -0.2) is 44.7 Å². The summed E-state index contributed by atoms with van der Waals surface area (Å²) >= 11 is 0. The molecule has 1 N–H and O–H groups in total. The minimum atomic E-state index is 0.0876. The fraction of sp³-hybridized carbons (Fsp3) is 0.895. The van der Waals surface area contributed by atoms with Gasteiger partial charge >= 0.3 is 0 Å². The molecule has 0 saturated heterocycles. The number of ketones is 1. The molecule has 24 heavy (non-hydrogen) atoms. The van der Waals surface area contributed by atoms with Gasteiger partial charge in [0.15, 0.2) is 0 Å². The molecule has 0 radical (unpaired) electrons. The first-order valence-electron chi connectivity index (χ1n) is 9.58. The third-order valence-corrected chi connectivity index (χ3v) is 4.61. The summed E-state index contributed by atoms with van der Waals surface area (Å²) < 4.78 is 11.0. The van der Waals surface area contributed by atoms with E-state index in [-0.39, 0.29) is 23.5 Å². The average molecular weight is 341 g/mol. The number of amides is 1. The summed E-state index contributed by atoms with van der Waals surface area (Å²) in [4.78, 5) is 23.4. The van der Waals surface area contributed by atoms with E-state index in [0.717, 1.165) is 71.2 Å². The average Bonchev–Trinajstić information content (AvgIpc) is 2.59. The van der Waals surface area contributed by atoms with E-state index in [1.165, 1.54) is 0 Å². The highest BCUT2D eigenvalue weighted by atomic mass is 16.5. The lowest BCUT2D eigenvalue weighted by Crippen LogP contribution is -2.34. The number of nitrogens with one attached hydrogen (secondary N) is 1. The normalized spacial score (nSPS) is 20.8. The van der Waals surface area contributed by atoms with E-state index < -0.39 is 0 Å². The largest absolute Gasteiger partial charge is 0.381 e. The number of ether oxygens (including phenoxy) is 2. The first kappa shape index (κ1) is 21.1. The first-order valence-corrected chi connectivity index (χ1v) is 9.58. The SMILES string of the molecule is CCCOCCCCOCCCNC(=O)C1CCC(C(C)=O)CC1.